The Kier molecular flexibility index (Phi) is 56.1. The van der Waals surface area contributed by atoms with E-state index in [9.17, 15) is 19.5 Å². The zero-order valence-electron chi connectivity index (χ0n) is 50.9. The molecule has 0 saturated carbocycles. The van der Waals surface area contributed by atoms with Gasteiger partial charge < -0.3 is 33.3 Å². The van der Waals surface area contributed by atoms with Crippen LogP contribution in [0.15, 0.2) is 134 Å². The van der Waals surface area contributed by atoms with E-state index < -0.39 is 24.3 Å². The van der Waals surface area contributed by atoms with Gasteiger partial charge in [-0.15, -0.1) is 0 Å². The first-order valence-electron chi connectivity index (χ1n) is 31.3. The molecule has 0 bridgehead atoms. The van der Waals surface area contributed by atoms with Gasteiger partial charge in [0.25, 0.3) is 0 Å². The van der Waals surface area contributed by atoms with Gasteiger partial charge in [0.05, 0.1) is 40.3 Å². The molecule has 0 N–H and O–H groups in total. The third kappa shape index (κ3) is 60.9. The number of carbonyl (C=O) groups is 3. The first-order chi connectivity index (χ1) is 38.6. The molecule has 0 spiro atoms. The smallest absolute Gasteiger partial charge is 0.306 e. The first kappa shape index (κ1) is 74.4. The van der Waals surface area contributed by atoms with Crippen LogP contribution in [0.3, 0.4) is 0 Å². The number of carboxylic acid groups (broad SMARTS) is 1. The minimum Gasteiger partial charge on any atom is -0.545 e. The van der Waals surface area contributed by atoms with Crippen molar-refractivity contribution in [2.45, 2.75) is 245 Å². The molecule has 0 radical (unpaired) electrons. The number of nitrogens with zero attached hydrogens (tertiary/aromatic N) is 1. The Labute approximate surface area is 484 Å². The second kappa shape index (κ2) is 59.5. The number of hydrogen-bond acceptors (Lipinski definition) is 8. The molecule has 0 aliphatic heterocycles. The minimum absolute atomic E-state index is 0.134. The van der Waals surface area contributed by atoms with E-state index in [-0.39, 0.29) is 38.6 Å². The molecule has 79 heavy (non-hydrogen) atoms. The second-order valence-electron chi connectivity index (χ2n) is 21.6. The standard InChI is InChI=1S/C70H115NO8/c1-6-8-10-12-14-16-18-20-22-24-26-28-30-32-33-34-35-37-38-40-42-44-46-48-50-52-54-56-58-60-67(72)77-64-66(65-78-70(69(74)75)76-63-62-71(3,4)5)79-68(73)61-59-57-55-53-51-49-47-45-43-41-39-36-31-29-27-25-23-21-19-17-15-13-11-9-7-2/h8-11,14-17,20-23,26-29,36,39,43,45,49,51,66,70H,6-7,12-13,18-19,24-25,30-35,37-38,40-42,44,46-48,50,52-65H2,1-5H3/b10-8-,11-9-,16-14-,17-15-,22-20-,23-21-,28-26-,29-27-,39-36-,45-43-,51-49-. The van der Waals surface area contributed by atoms with Gasteiger partial charge in [-0.05, 0) is 109 Å². The highest BCUT2D eigenvalue weighted by Crippen LogP contribution is 2.16. The predicted molar refractivity (Wildman–Crippen MR) is 333 cm³/mol. The van der Waals surface area contributed by atoms with Crippen LogP contribution < -0.4 is 5.11 Å². The van der Waals surface area contributed by atoms with Crippen LogP contribution in [-0.2, 0) is 33.3 Å². The van der Waals surface area contributed by atoms with Crippen LogP contribution in [0.2, 0.25) is 0 Å². The van der Waals surface area contributed by atoms with E-state index in [1.54, 1.807) is 0 Å². The minimum atomic E-state index is -1.64. The van der Waals surface area contributed by atoms with Gasteiger partial charge in [0.1, 0.15) is 13.2 Å². The summed E-state index contributed by atoms with van der Waals surface area (Å²) >= 11 is 0. The fourth-order valence-corrected chi connectivity index (χ4v) is 8.15. The van der Waals surface area contributed by atoms with Crippen molar-refractivity contribution in [1.82, 2.24) is 0 Å². The van der Waals surface area contributed by atoms with Crippen molar-refractivity contribution < 1.29 is 42.9 Å². The number of carboxylic acids is 1. The number of hydrogen-bond donors (Lipinski definition) is 0. The summed E-state index contributed by atoms with van der Waals surface area (Å²) in [6.07, 6.45) is 82.2. The lowest BCUT2D eigenvalue weighted by molar-refractivity contribution is -0.870. The van der Waals surface area contributed by atoms with Gasteiger partial charge in [-0.3, -0.25) is 9.59 Å². The molecule has 0 aromatic rings. The molecule has 0 fully saturated rings. The van der Waals surface area contributed by atoms with Gasteiger partial charge >= 0.3 is 11.9 Å². The number of unbranched alkanes of at least 4 members (excludes halogenated alkanes) is 19. The maximum Gasteiger partial charge on any atom is 0.306 e. The first-order valence-corrected chi connectivity index (χ1v) is 31.3. The molecular formula is C70H115NO8. The van der Waals surface area contributed by atoms with Crippen molar-refractivity contribution in [3.63, 3.8) is 0 Å². The van der Waals surface area contributed by atoms with Crippen molar-refractivity contribution in [2.24, 2.45) is 0 Å². The number of quaternary nitrogens is 1. The topological polar surface area (TPSA) is 111 Å². The highest BCUT2D eigenvalue weighted by molar-refractivity contribution is 5.70. The summed E-state index contributed by atoms with van der Waals surface area (Å²) in [6, 6.07) is 0. The Morgan fingerprint density at radius 3 is 1.03 bits per heavy atom. The zero-order chi connectivity index (χ0) is 57.6. The predicted octanol–water partition coefficient (Wildman–Crippen LogP) is 17.7. The van der Waals surface area contributed by atoms with Gasteiger partial charge in [-0.1, -0.05) is 244 Å². The van der Waals surface area contributed by atoms with E-state index in [4.69, 9.17) is 18.9 Å². The average molecular weight is 1100 g/mol. The molecule has 0 aromatic heterocycles. The average Bonchev–Trinajstić information content (AvgIpc) is 3.42. The summed E-state index contributed by atoms with van der Waals surface area (Å²) in [7, 11) is 5.90. The van der Waals surface area contributed by atoms with Crippen LogP contribution >= 0.6 is 0 Å². The lowest BCUT2D eigenvalue weighted by Gasteiger charge is -2.26. The number of ether oxygens (including phenoxy) is 4. The van der Waals surface area contributed by atoms with E-state index in [0.29, 0.717) is 17.4 Å². The maximum atomic E-state index is 12.9. The van der Waals surface area contributed by atoms with E-state index in [1.165, 1.54) is 89.9 Å². The fourth-order valence-electron chi connectivity index (χ4n) is 8.15. The Morgan fingerprint density at radius 1 is 0.380 bits per heavy atom. The number of rotatable bonds is 56. The molecule has 0 heterocycles. The van der Waals surface area contributed by atoms with Gasteiger partial charge in [-0.2, -0.15) is 0 Å². The molecule has 0 saturated heterocycles. The van der Waals surface area contributed by atoms with Crippen molar-refractivity contribution >= 4 is 17.9 Å². The van der Waals surface area contributed by atoms with Crippen LogP contribution in [0.4, 0.5) is 0 Å². The number of esters is 2. The molecule has 0 amide bonds. The highest BCUT2D eigenvalue weighted by Gasteiger charge is 2.22. The number of allylic oxidation sites excluding steroid dienone is 22. The number of aliphatic carboxylic acids is 1. The summed E-state index contributed by atoms with van der Waals surface area (Å²) in [4.78, 5) is 37.4. The van der Waals surface area contributed by atoms with Crippen LogP contribution in [0, 0.1) is 0 Å². The van der Waals surface area contributed by atoms with Crippen molar-refractivity contribution in [3.8, 4) is 0 Å². The number of likely N-dealkylation sites (N-methyl/N-ethyl adjacent to an activating group) is 1. The number of carbonyl (C=O) groups excluding carboxylic acids is 3. The monoisotopic (exact) mass is 1100 g/mol. The van der Waals surface area contributed by atoms with E-state index in [0.717, 1.165) is 109 Å². The summed E-state index contributed by atoms with van der Waals surface area (Å²) in [5.41, 5.74) is 0. The molecular weight excluding hydrogens is 983 g/mol. The van der Waals surface area contributed by atoms with Crippen LogP contribution in [0.1, 0.15) is 232 Å². The Balaban J connectivity index is 4.26. The van der Waals surface area contributed by atoms with E-state index in [2.05, 4.69) is 148 Å². The SMILES string of the molecule is CC/C=C\C/C=C\C/C=C\C/C=C\C/C=C\C/C=C\C/C=C\CCCCCC(=O)OC(COC(=O)CCCCCCCCCCCCCCCCCC/C=C\C/C=C\C/C=C\C/C=C\CC)COC(OCC[N+](C)(C)C)C(=O)[O-]. The molecule has 9 heteroatoms. The van der Waals surface area contributed by atoms with Crippen molar-refractivity contribution in [3.05, 3.63) is 134 Å². The highest BCUT2D eigenvalue weighted by atomic mass is 16.7. The second-order valence-corrected chi connectivity index (χ2v) is 21.6. The lowest BCUT2D eigenvalue weighted by Crippen LogP contribution is -2.44. The van der Waals surface area contributed by atoms with Crippen LogP contribution in [0.5, 0.6) is 0 Å². The molecule has 9 nitrogen and oxygen atoms in total. The quantitative estimate of drug-likeness (QED) is 0.0195. The third-order valence-corrected chi connectivity index (χ3v) is 12.9. The zero-order valence-corrected chi connectivity index (χ0v) is 50.9. The molecule has 0 rings (SSSR count). The normalized spacial score (nSPS) is 13.7. The van der Waals surface area contributed by atoms with Gasteiger partial charge in [-0.25, -0.2) is 0 Å². The van der Waals surface area contributed by atoms with Crippen molar-refractivity contribution in [1.29, 1.82) is 0 Å². The van der Waals surface area contributed by atoms with Gasteiger partial charge in [0, 0.05) is 12.8 Å². The summed E-state index contributed by atoms with van der Waals surface area (Å²) in [5.74, 6) is -2.34. The third-order valence-electron chi connectivity index (χ3n) is 12.9. The summed E-state index contributed by atoms with van der Waals surface area (Å²) in [6.45, 7) is 4.48. The summed E-state index contributed by atoms with van der Waals surface area (Å²) in [5, 5.41) is 11.8. The van der Waals surface area contributed by atoms with Crippen LogP contribution in [-0.4, -0.2) is 82.3 Å². The largest absolute Gasteiger partial charge is 0.545 e. The fraction of sp³-hybridized carbons (Fsp3) is 0.643. The molecule has 2 unspecified atom stereocenters. The Morgan fingerprint density at radius 2 is 0.684 bits per heavy atom. The molecule has 0 aliphatic rings. The Bertz CT molecular complexity index is 1750. The molecule has 0 aromatic carbocycles. The lowest BCUT2D eigenvalue weighted by atomic mass is 10.0. The van der Waals surface area contributed by atoms with E-state index >= 15 is 0 Å². The molecule has 0 aliphatic carbocycles. The van der Waals surface area contributed by atoms with Crippen LogP contribution in [0.25, 0.3) is 0 Å². The van der Waals surface area contributed by atoms with Gasteiger partial charge in [0.15, 0.2) is 12.4 Å². The Hall–Kier alpha value is -4.57. The maximum absolute atomic E-state index is 12.9. The van der Waals surface area contributed by atoms with Crippen molar-refractivity contribution in [2.75, 3.05) is 47.5 Å². The molecule has 2 atom stereocenters. The van der Waals surface area contributed by atoms with E-state index in [1.807, 2.05) is 21.1 Å². The van der Waals surface area contributed by atoms with Gasteiger partial charge in [0.2, 0.25) is 0 Å². The summed E-state index contributed by atoms with van der Waals surface area (Å²) < 4.78 is 22.7. The molecule has 448 valence electrons.